The second-order valence-corrected chi connectivity index (χ2v) is 5.40. The second kappa shape index (κ2) is 6.47. The van der Waals surface area contributed by atoms with Crippen molar-refractivity contribution >= 4 is 51.8 Å². The zero-order chi connectivity index (χ0) is 15.6. The Morgan fingerprint density at radius 1 is 1.24 bits per heavy atom. The third kappa shape index (κ3) is 3.56. The summed E-state index contributed by atoms with van der Waals surface area (Å²) in [4.78, 5) is 0.203. The molecule has 2 aromatic rings. The number of methoxy groups -OCH3 is 1. The highest BCUT2D eigenvalue weighted by atomic mass is 35.5. The van der Waals surface area contributed by atoms with Gasteiger partial charge in [0.05, 0.1) is 28.5 Å². The molecule has 2 aromatic carbocycles. The third-order valence-electron chi connectivity index (χ3n) is 2.76. The Kier molecular flexibility index (Phi) is 4.88. The van der Waals surface area contributed by atoms with Crippen LogP contribution in [0.25, 0.3) is 0 Å². The van der Waals surface area contributed by atoms with Gasteiger partial charge in [0.1, 0.15) is 16.6 Å². The number of benzene rings is 2. The van der Waals surface area contributed by atoms with Crippen molar-refractivity contribution in [2.75, 3.05) is 12.4 Å². The Morgan fingerprint density at radius 2 is 1.86 bits per heavy atom. The van der Waals surface area contributed by atoms with E-state index in [-0.39, 0.29) is 15.0 Å². The summed E-state index contributed by atoms with van der Waals surface area (Å²) < 4.78 is 18.4. The molecule has 0 aromatic heterocycles. The molecule has 7 heteroatoms. The van der Waals surface area contributed by atoms with Gasteiger partial charge in [0, 0.05) is 11.6 Å². The van der Waals surface area contributed by atoms with Gasteiger partial charge in [0.2, 0.25) is 0 Å². The summed E-state index contributed by atoms with van der Waals surface area (Å²) in [6.45, 7) is 0. The fraction of sp³-hybridized carbons (Fsp3) is 0.0714. The number of hydrogen-bond donors (Lipinski definition) is 2. The first kappa shape index (κ1) is 15.8. The number of halogens is 3. The monoisotopic (exact) mass is 344 g/mol. The van der Waals surface area contributed by atoms with Gasteiger partial charge in [0.25, 0.3) is 0 Å². The Bertz CT molecular complexity index is 686. The van der Waals surface area contributed by atoms with Gasteiger partial charge in [-0.1, -0.05) is 35.4 Å². The largest absolute Gasteiger partial charge is 0.497 e. The van der Waals surface area contributed by atoms with E-state index in [0.717, 1.165) is 12.1 Å². The van der Waals surface area contributed by atoms with Crippen LogP contribution in [0.2, 0.25) is 10.0 Å². The van der Waals surface area contributed by atoms with Gasteiger partial charge in [-0.3, -0.25) is 0 Å². The van der Waals surface area contributed by atoms with E-state index >= 15 is 0 Å². The molecule has 21 heavy (non-hydrogen) atoms. The van der Waals surface area contributed by atoms with Crippen molar-refractivity contribution in [3.05, 3.63) is 51.8 Å². The minimum absolute atomic E-state index is 0.150. The van der Waals surface area contributed by atoms with Gasteiger partial charge in [-0.05, 0) is 24.3 Å². The molecule has 0 spiro atoms. The van der Waals surface area contributed by atoms with Crippen LogP contribution in [0.3, 0.4) is 0 Å². The van der Waals surface area contributed by atoms with Crippen molar-refractivity contribution in [3.63, 3.8) is 0 Å². The number of ether oxygens (including phenoxy) is 1. The van der Waals surface area contributed by atoms with Crippen molar-refractivity contribution in [1.82, 2.24) is 0 Å². The highest BCUT2D eigenvalue weighted by Crippen LogP contribution is 2.35. The van der Waals surface area contributed by atoms with Crippen LogP contribution in [-0.2, 0) is 0 Å². The molecule has 3 N–H and O–H groups in total. The van der Waals surface area contributed by atoms with Gasteiger partial charge in [-0.15, -0.1) is 0 Å². The highest BCUT2D eigenvalue weighted by molar-refractivity contribution is 7.80. The van der Waals surface area contributed by atoms with Crippen molar-refractivity contribution < 1.29 is 9.13 Å². The Balaban J connectivity index is 2.50. The number of hydrogen-bond acceptors (Lipinski definition) is 3. The predicted molar refractivity (Wildman–Crippen MR) is 88.6 cm³/mol. The molecular weight excluding hydrogens is 334 g/mol. The minimum Gasteiger partial charge on any atom is -0.497 e. The maximum Gasteiger partial charge on any atom is 0.126 e. The fourth-order valence-electron chi connectivity index (χ4n) is 1.76. The molecule has 0 bridgehead atoms. The summed E-state index contributed by atoms with van der Waals surface area (Å²) in [6.07, 6.45) is 0. The van der Waals surface area contributed by atoms with Crippen LogP contribution >= 0.6 is 35.4 Å². The van der Waals surface area contributed by atoms with Gasteiger partial charge < -0.3 is 15.8 Å². The van der Waals surface area contributed by atoms with E-state index in [0.29, 0.717) is 22.7 Å². The smallest absolute Gasteiger partial charge is 0.126 e. The zero-order valence-corrected chi connectivity index (χ0v) is 13.2. The standard InChI is InChI=1S/C14H11Cl2FN2OS/c1-20-8-2-3-9(14(18)21)12(6-8)19-13-10(15)4-7(17)5-11(13)16/h2-6,19H,1H3,(H2,18,21). The van der Waals surface area contributed by atoms with E-state index in [1.807, 2.05) is 0 Å². The van der Waals surface area contributed by atoms with Gasteiger partial charge in [-0.2, -0.15) is 0 Å². The first-order valence-corrected chi connectivity index (χ1v) is 6.98. The normalized spacial score (nSPS) is 10.3. The number of rotatable bonds is 4. The Morgan fingerprint density at radius 3 is 2.38 bits per heavy atom. The van der Waals surface area contributed by atoms with E-state index in [2.05, 4.69) is 5.32 Å². The lowest BCUT2D eigenvalue weighted by molar-refractivity contribution is 0.415. The average Bonchev–Trinajstić information content (AvgIpc) is 2.42. The molecular formula is C14H11Cl2FN2OS. The fourth-order valence-corrected chi connectivity index (χ4v) is 2.50. The lowest BCUT2D eigenvalue weighted by Gasteiger charge is -2.15. The highest BCUT2D eigenvalue weighted by Gasteiger charge is 2.13. The Hall–Kier alpha value is -1.56. The Labute approximate surface area is 136 Å². The summed E-state index contributed by atoms with van der Waals surface area (Å²) >= 11 is 17.0. The molecule has 3 nitrogen and oxygen atoms in total. The maximum atomic E-state index is 13.2. The van der Waals surface area contributed by atoms with Crippen LogP contribution in [0.4, 0.5) is 15.8 Å². The van der Waals surface area contributed by atoms with Crippen molar-refractivity contribution in [3.8, 4) is 5.75 Å². The van der Waals surface area contributed by atoms with Gasteiger partial charge in [-0.25, -0.2) is 4.39 Å². The minimum atomic E-state index is -0.518. The number of nitrogens with one attached hydrogen (secondary N) is 1. The SMILES string of the molecule is COc1ccc(C(N)=S)c(Nc2c(Cl)cc(F)cc2Cl)c1. The van der Waals surface area contributed by atoms with E-state index in [9.17, 15) is 4.39 Å². The van der Waals surface area contributed by atoms with Gasteiger partial charge in [0.15, 0.2) is 0 Å². The molecule has 0 aliphatic carbocycles. The molecule has 0 atom stereocenters. The molecule has 0 fully saturated rings. The topological polar surface area (TPSA) is 47.3 Å². The van der Waals surface area contributed by atoms with E-state index < -0.39 is 5.82 Å². The van der Waals surface area contributed by atoms with E-state index in [1.54, 1.807) is 18.2 Å². The lowest BCUT2D eigenvalue weighted by atomic mass is 10.1. The summed E-state index contributed by atoms with van der Waals surface area (Å²) in [7, 11) is 1.54. The van der Waals surface area contributed by atoms with Crippen LogP contribution in [-0.4, -0.2) is 12.1 Å². The molecule has 0 saturated heterocycles. The summed E-state index contributed by atoms with van der Waals surface area (Å²) in [5.74, 6) is 0.0858. The van der Waals surface area contributed by atoms with E-state index in [4.69, 9.17) is 45.9 Å². The lowest BCUT2D eigenvalue weighted by Crippen LogP contribution is -2.12. The number of nitrogens with two attached hydrogens (primary N) is 1. The maximum absolute atomic E-state index is 13.2. The molecule has 0 unspecified atom stereocenters. The predicted octanol–water partition coefficient (Wildman–Crippen LogP) is 4.52. The molecule has 0 saturated carbocycles. The molecule has 2 rings (SSSR count). The molecule has 110 valence electrons. The van der Waals surface area contributed by atoms with Crippen molar-refractivity contribution in [1.29, 1.82) is 0 Å². The van der Waals surface area contributed by atoms with Crippen molar-refractivity contribution in [2.24, 2.45) is 5.73 Å². The zero-order valence-electron chi connectivity index (χ0n) is 10.9. The summed E-state index contributed by atoms with van der Waals surface area (Å²) in [6, 6.07) is 7.47. The first-order chi connectivity index (χ1) is 9.92. The quantitative estimate of drug-likeness (QED) is 0.800. The summed E-state index contributed by atoms with van der Waals surface area (Å²) in [5, 5.41) is 3.31. The third-order valence-corrected chi connectivity index (χ3v) is 3.57. The van der Waals surface area contributed by atoms with Crippen molar-refractivity contribution in [2.45, 2.75) is 0 Å². The van der Waals surface area contributed by atoms with Crippen LogP contribution in [0.15, 0.2) is 30.3 Å². The van der Waals surface area contributed by atoms with Crippen LogP contribution < -0.4 is 15.8 Å². The summed E-state index contributed by atoms with van der Waals surface area (Å²) in [5.41, 5.74) is 7.22. The molecule has 0 amide bonds. The van der Waals surface area contributed by atoms with E-state index in [1.165, 1.54) is 7.11 Å². The number of thiocarbonyl (C=S) groups is 1. The first-order valence-electron chi connectivity index (χ1n) is 5.81. The molecule has 0 aliphatic heterocycles. The molecule has 0 aliphatic rings. The second-order valence-electron chi connectivity index (χ2n) is 4.15. The molecule has 0 heterocycles. The van der Waals surface area contributed by atoms with Crippen LogP contribution in [0.5, 0.6) is 5.75 Å². The molecule has 0 radical (unpaired) electrons. The van der Waals surface area contributed by atoms with Gasteiger partial charge >= 0.3 is 0 Å². The average molecular weight is 345 g/mol. The number of anilines is 2. The van der Waals surface area contributed by atoms with Crippen LogP contribution in [0.1, 0.15) is 5.56 Å². The van der Waals surface area contributed by atoms with Crippen LogP contribution in [0, 0.1) is 5.82 Å².